The lowest BCUT2D eigenvalue weighted by Gasteiger charge is -2.08. The molecule has 2 aromatic rings. The maximum atomic E-state index is 8.68. The van der Waals surface area contributed by atoms with Gasteiger partial charge >= 0.3 is 0 Å². The van der Waals surface area contributed by atoms with Gasteiger partial charge in [0, 0.05) is 5.69 Å². The molecule has 0 bridgehead atoms. The van der Waals surface area contributed by atoms with E-state index in [9.17, 15) is 0 Å². The molecule has 1 heterocycles. The summed E-state index contributed by atoms with van der Waals surface area (Å²) in [6.45, 7) is 6.16. The van der Waals surface area contributed by atoms with E-state index in [0.29, 0.717) is 6.42 Å². The summed E-state index contributed by atoms with van der Waals surface area (Å²) in [4.78, 5) is 0. The Labute approximate surface area is 101 Å². The molecule has 0 aliphatic heterocycles. The zero-order chi connectivity index (χ0) is 12.4. The van der Waals surface area contributed by atoms with E-state index in [2.05, 4.69) is 43.2 Å². The average Bonchev–Trinajstić information content (AvgIpc) is 2.60. The second kappa shape index (κ2) is 4.42. The van der Waals surface area contributed by atoms with Crippen LogP contribution < -0.4 is 0 Å². The normalized spacial score (nSPS) is 10.2. The highest BCUT2D eigenvalue weighted by Crippen LogP contribution is 2.17. The Hall–Kier alpha value is -2.08. The molecule has 86 valence electrons. The van der Waals surface area contributed by atoms with Crippen molar-refractivity contribution in [1.82, 2.24) is 9.78 Å². The Bertz CT molecular complexity index is 588. The minimum Gasteiger partial charge on any atom is -0.238 e. The number of nitrogens with zero attached hydrogens (tertiary/aromatic N) is 3. The van der Waals surface area contributed by atoms with Gasteiger partial charge in [0.15, 0.2) is 0 Å². The van der Waals surface area contributed by atoms with Crippen molar-refractivity contribution in [3.8, 4) is 11.8 Å². The molecular weight excluding hydrogens is 210 g/mol. The smallest absolute Gasteiger partial charge is 0.0793 e. The summed E-state index contributed by atoms with van der Waals surface area (Å²) in [7, 11) is 0. The Balaban J connectivity index is 2.49. The molecule has 0 fully saturated rings. The first-order valence-corrected chi connectivity index (χ1v) is 5.62. The van der Waals surface area contributed by atoms with E-state index < -0.39 is 0 Å². The first-order chi connectivity index (χ1) is 8.11. The number of hydrogen-bond acceptors (Lipinski definition) is 2. The fraction of sp³-hybridized carbons (Fsp3) is 0.286. The number of aryl methyl sites for hydroxylation is 3. The predicted octanol–water partition coefficient (Wildman–Crippen LogP) is 2.86. The summed E-state index contributed by atoms with van der Waals surface area (Å²) < 4.78 is 1.90. The van der Waals surface area contributed by atoms with Gasteiger partial charge in [-0.1, -0.05) is 17.7 Å². The number of rotatable bonds is 2. The maximum Gasteiger partial charge on any atom is 0.0793 e. The van der Waals surface area contributed by atoms with E-state index in [-0.39, 0.29) is 0 Å². The van der Waals surface area contributed by atoms with Crippen molar-refractivity contribution < 1.29 is 0 Å². The monoisotopic (exact) mass is 225 g/mol. The number of aromatic nitrogens is 2. The number of hydrogen-bond donors (Lipinski definition) is 0. The van der Waals surface area contributed by atoms with E-state index in [1.807, 2.05) is 17.7 Å². The van der Waals surface area contributed by atoms with Gasteiger partial charge in [-0.3, -0.25) is 0 Å². The first-order valence-electron chi connectivity index (χ1n) is 5.62. The topological polar surface area (TPSA) is 41.6 Å². The largest absolute Gasteiger partial charge is 0.238 e. The van der Waals surface area contributed by atoms with Crippen LogP contribution in [0.1, 0.15) is 22.5 Å². The summed E-state index contributed by atoms with van der Waals surface area (Å²) >= 11 is 0. The molecule has 0 N–H and O–H groups in total. The third-order valence-electron chi connectivity index (χ3n) is 2.78. The molecule has 0 amide bonds. The molecule has 3 nitrogen and oxygen atoms in total. The molecule has 3 heteroatoms. The molecule has 1 aromatic carbocycles. The van der Waals surface area contributed by atoms with Crippen molar-refractivity contribution in [1.29, 1.82) is 5.26 Å². The standard InChI is InChI=1S/C14H15N3/c1-10-4-5-14(11(2)8-10)17-12(3)9-13(16-17)6-7-15/h4-5,8-9H,6H2,1-3H3. The molecule has 0 saturated carbocycles. The average molecular weight is 225 g/mol. The van der Waals surface area contributed by atoms with E-state index in [0.717, 1.165) is 17.1 Å². The van der Waals surface area contributed by atoms with Gasteiger partial charge in [0.2, 0.25) is 0 Å². The van der Waals surface area contributed by atoms with Crippen molar-refractivity contribution in [2.24, 2.45) is 0 Å². The van der Waals surface area contributed by atoms with E-state index in [4.69, 9.17) is 5.26 Å². The fourth-order valence-corrected chi connectivity index (χ4v) is 1.99. The minimum atomic E-state index is 0.360. The Morgan fingerprint density at radius 2 is 2.00 bits per heavy atom. The molecule has 0 unspecified atom stereocenters. The zero-order valence-corrected chi connectivity index (χ0v) is 10.4. The highest BCUT2D eigenvalue weighted by Gasteiger charge is 2.08. The molecule has 0 radical (unpaired) electrons. The lowest BCUT2D eigenvalue weighted by molar-refractivity contribution is 0.820. The van der Waals surface area contributed by atoms with E-state index in [1.165, 1.54) is 11.1 Å². The van der Waals surface area contributed by atoms with Crippen LogP contribution in [0.5, 0.6) is 0 Å². The Morgan fingerprint density at radius 3 is 2.65 bits per heavy atom. The van der Waals surface area contributed by atoms with Gasteiger partial charge in [-0.15, -0.1) is 0 Å². The molecule has 1 aromatic heterocycles. The molecule has 17 heavy (non-hydrogen) atoms. The molecule has 2 rings (SSSR count). The van der Waals surface area contributed by atoms with Gasteiger partial charge < -0.3 is 0 Å². The second-order valence-corrected chi connectivity index (χ2v) is 4.31. The Morgan fingerprint density at radius 1 is 1.24 bits per heavy atom. The molecule has 0 aliphatic carbocycles. The second-order valence-electron chi connectivity index (χ2n) is 4.31. The van der Waals surface area contributed by atoms with Crippen molar-refractivity contribution >= 4 is 0 Å². The van der Waals surface area contributed by atoms with Crippen molar-refractivity contribution in [2.45, 2.75) is 27.2 Å². The Kier molecular flexibility index (Phi) is 2.97. The van der Waals surface area contributed by atoms with Gasteiger partial charge in [-0.2, -0.15) is 10.4 Å². The van der Waals surface area contributed by atoms with Crippen LogP contribution in [0.25, 0.3) is 5.69 Å². The van der Waals surface area contributed by atoms with Crippen LogP contribution in [0, 0.1) is 32.1 Å². The van der Waals surface area contributed by atoms with Gasteiger partial charge in [0.25, 0.3) is 0 Å². The summed E-state index contributed by atoms with van der Waals surface area (Å²) in [6, 6.07) is 10.4. The number of benzene rings is 1. The molecule has 0 spiro atoms. The van der Waals surface area contributed by atoms with E-state index >= 15 is 0 Å². The predicted molar refractivity (Wildman–Crippen MR) is 67.1 cm³/mol. The highest BCUT2D eigenvalue weighted by atomic mass is 15.3. The van der Waals surface area contributed by atoms with Crippen molar-refractivity contribution in [3.05, 3.63) is 46.8 Å². The van der Waals surface area contributed by atoms with Gasteiger partial charge in [-0.05, 0) is 38.5 Å². The van der Waals surface area contributed by atoms with Crippen molar-refractivity contribution in [2.75, 3.05) is 0 Å². The minimum absolute atomic E-state index is 0.360. The fourth-order valence-electron chi connectivity index (χ4n) is 1.99. The molecule has 0 saturated heterocycles. The lowest BCUT2D eigenvalue weighted by atomic mass is 10.1. The van der Waals surface area contributed by atoms with Gasteiger partial charge in [0.05, 0.1) is 23.9 Å². The quantitative estimate of drug-likeness (QED) is 0.788. The third-order valence-corrected chi connectivity index (χ3v) is 2.78. The van der Waals surface area contributed by atoms with E-state index in [1.54, 1.807) is 0 Å². The third kappa shape index (κ3) is 2.21. The van der Waals surface area contributed by atoms with Crippen LogP contribution in [0.4, 0.5) is 0 Å². The lowest BCUT2D eigenvalue weighted by Crippen LogP contribution is -2.02. The van der Waals surface area contributed by atoms with Crippen LogP contribution in [-0.4, -0.2) is 9.78 Å². The van der Waals surface area contributed by atoms with Crippen LogP contribution in [-0.2, 0) is 6.42 Å². The number of nitriles is 1. The summed E-state index contributed by atoms with van der Waals surface area (Å²) in [5.74, 6) is 0. The summed E-state index contributed by atoms with van der Waals surface area (Å²) in [5, 5.41) is 13.1. The molecule has 0 atom stereocenters. The maximum absolute atomic E-state index is 8.68. The van der Waals surface area contributed by atoms with Gasteiger partial charge in [0.1, 0.15) is 0 Å². The summed E-state index contributed by atoms with van der Waals surface area (Å²) in [5.41, 5.74) is 5.40. The SMILES string of the molecule is Cc1ccc(-n2nc(CC#N)cc2C)c(C)c1. The zero-order valence-electron chi connectivity index (χ0n) is 10.4. The van der Waals surface area contributed by atoms with Gasteiger partial charge in [-0.25, -0.2) is 4.68 Å². The van der Waals surface area contributed by atoms with Crippen LogP contribution >= 0.6 is 0 Å². The van der Waals surface area contributed by atoms with Crippen LogP contribution in [0.2, 0.25) is 0 Å². The summed E-state index contributed by atoms with van der Waals surface area (Å²) in [6.07, 6.45) is 0.360. The van der Waals surface area contributed by atoms with Crippen LogP contribution in [0.15, 0.2) is 24.3 Å². The van der Waals surface area contributed by atoms with Crippen LogP contribution in [0.3, 0.4) is 0 Å². The molecular formula is C14H15N3. The van der Waals surface area contributed by atoms with Crippen molar-refractivity contribution in [3.63, 3.8) is 0 Å². The highest BCUT2D eigenvalue weighted by molar-refractivity contribution is 5.43. The molecule has 0 aliphatic rings. The first kappa shape index (κ1) is 11.4.